The van der Waals surface area contributed by atoms with E-state index in [1.165, 1.54) is 5.56 Å². The summed E-state index contributed by atoms with van der Waals surface area (Å²) in [6.45, 7) is 6.05. The standard InChI is InChI=1S/C22H29N3O3S/c1-26-20-7-3-18(4-8-20)17-25(12-11-24-13-15-28-16-14-24)22(29)23-19-5-9-21(27-2)10-6-19/h3-10H,11-17H2,1-2H3,(H,23,29). The van der Waals surface area contributed by atoms with Crippen LogP contribution in [0.3, 0.4) is 0 Å². The van der Waals surface area contributed by atoms with Gasteiger partial charge in [0.15, 0.2) is 5.11 Å². The van der Waals surface area contributed by atoms with Gasteiger partial charge in [-0.15, -0.1) is 0 Å². The van der Waals surface area contributed by atoms with E-state index in [0.717, 1.165) is 63.1 Å². The smallest absolute Gasteiger partial charge is 0.173 e. The van der Waals surface area contributed by atoms with Gasteiger partial charge in [-0.3, -0.25) is 4.90 Å². The van der Waals surface area contributed by atoms with Gasteiger partial charge in [0.25, 0.3) is 0 Å². The summed E-state index contributed by atoms with van der Waals surface area (Å²) in [5.74, 6) is 1.68. The molecule has 0 aromatic heterocycles. The van der Waals surface area contributed by atoms with Crippen molar-refractivity contribution < 1.29 is 14.2 Å². The molecule has 0 saturated carbocycles. The van der Waals surface area contributed by atoms with Crippen molar-refractivity contribution in [1.29, 1.82) is 0 Å². The minimum Gasteiger partial charge on any atom is -0.497 e. The van der Waals surface area contributed by atoms with Crippen molar-refractivity contribution in [1.82, 2.24) is 9.80 Å². The second-order valence-electron chi connectivity index (χ2n) is 6.88. The molecule has 7 heteroatoms. The van der Waals surface area contributed by atoms with E-state index < -0.39 is 0 Å². The Kier molecular flexibility index (Phi) is 8.10. The molecule has 0 unspecified atom stereocenters. The molecule has 0 atom stereocenters. The minimum atomic E-state index is 0.708. The van der Waals surface area contributed by atoms with E-state index in [-0.39, 0.29) is 0 Å². The predicted molar refractivity (Wildman–Crippen MR) is 120 cm³/mol. The third kappa shape index (κ3) is 6.59. The molecular weight excluding hydrogens is 386 g/mol. The van der Waals surface area contributed by atoms with E-state index in [1.54, 1.807) is 14.2 Å². The van der Waals surface area contributed by atoms with Gasteiger partial charge in [0.2, 0.25) is 0 Å². The van der Waals surface area contributed by atoms with E-state index >= 15 is 0 Å². The summed E-state index contributed by atoms with van der Waals surface area (Å²) in [4.78, 5) is 4.62. The lowest BCUT2D eigenvalue weighted by Crippen LogP contribution is -2.43. The van der Waals surface area contributed by atoms with Gasteiger partial charge in [-0.1, -0.05) is 12.1 Å². The molecule has 1 heterocycles. The van der Waals surface area contributed by atoms with Crippen LogP contribution < -0.4 is 14.8 Å². The number of thiocarbonyl (C=S) groups is 1. The fourth-order valence-electron chi connectivity index (χ4n) is 3.17. The zero-order valence-electron chi connectivity index (χ0n) is 17.1. The largest absolute Gasteiger partial charge is 0.497 e. The lowest BCUT2D eigenvalue weighted by molar-refractivity contribution is 0.0358. The molecule has 0 amide bonds. The summed E-state index contributed by atoms with van der Waals surface area (Å²) in [5.41, 5.74) is 2.13. The number of nitrogens with zero attached hydrogens (tertiary/aromatic N) is 2. The second-order valence-corrected chi connectivity index (χ2v) is 7.27. The fraction of sp³-hybridized carbons (Fsp3) is 0.409. The quantitative estimate of drug-likeness (QED) is 0.664. The molecule has 0 aliphatic carbocycles. The van der Waals surface area contributed by atoms with Gasteiger partial charge < -0.3 is 24.4 Å². The number of ether oxygens (including phenoxy) is 3. The molecule has 0 spiro atoms. The monoisotopic (exact) mass is 415 g/mol. The van der Waals surface area contributed by atoms with Crippen molar-refractivity contribution >= 4 is 23.0 Å². The van der Waals surface area contributed by atoms with Crippen LogP contribution >= 0.6 is 12.2 Å². The van der Waals surface area contributed by atoms with Gasteiger partial charge in [0.05, 0.1) is 27.4 Å². The molecule has 1 N–H and O–H groups in total. The average Bonchev–Trinajstić information content (AvgIpc) is 2.78. The first-order valence-corrected chi connectivity index (χ1v) is 10.2. The first-order chi connectivity index (χ1) is 14.2. The van der Waals surface area contributed by atoms with Gasteiger partial charge in [-0.2, -0.15) is 0 Å². The van der Waals surface area contributed by atoms with Gasteiger partial charge in [0, 0.05) is 38.4 Å². The normalized spacial score (nSPS) is 14.3. The van der Waals surface area contributed by atoms with Crippen LogP contribution in [-0.2, 0) is 11.3 Å². The Morgan fingerprint density at radius 3 is 2.17 bits per heavy atom. The molecule has 2 aromatic rings. The number of benzene rings is 2. The van der Waals surface area contributed by atoms with E-state index in [1.807, 2.05) is 36.4 Å². The van der Waals surface area contributed by atoms with Crippen molar-refractivity contribution in [3.05, 3.63) is 54.1 Å². The van der Waals surface area contributed by atoms with Crippen LogP contribution in [0.1, 0.15) is 5.56 Å². The van der Waals surface area contributed by atoms with Crippen LogP contribution in [0.25, 0.3) is 0 Å². The number of anilines is 1. The van der Waals surface area contributed by atoms with Crippen LogP contribution in [0.5, 0.6) is 11.5 Å². The third-order valence-corrected chi connectivity index (χ3v) is 5.31. The molecule has 29 heavy (non-hydrogen) atoms. The molecule has 6 nitrogen and oxygen atoms in total. The number of nitrogens with one attached hydrogen (secondary N) is 1. The molecule has 156 valence electrons. The predicted octanol–water partition coefficient (Wildman–Crippen LogP) is 3.24. The van der Waals surface area contributed by atoms with E-state index in [2.05, 4.69) is 27.2 Å². The Morgan fingerprint density at radius 2 is 1.59 bits per heavy atom. The van der Waals surface area contributed by atoms with Crippen molar-refractivity contribution in [2.45, 2.75) is 6.54 Å². The summed E-state index contributed by atoms with van der Waals surface area (Å²) in [7, 11) is 3.34. The highest BCUT2D eigenvalue weighted by atomic mass is 32.1. The molecule has 0 radical (unpaired) electrons. The van der Waals surface area contributed by atoms with E-state index in [0.29, 0.717) is 5.11 Å². The summed E-state index contributed by atoms with van der Waals surface area (Å²) in [5, 5.41) is 4.07. The second kappa shape index (κ2) is 11.0. The number of morpholine rings is 1. The highest BCUT2D eigenvalue weighted by Crippen LogP contribution is 2.17. The molecule has 1 aliphatic heterocycles. The molecule has 1 fully saturated rings. The Hall–Kier alpha value is -2.35. The lowest BCUT2D eigenvalue weighted by Gasteiger charge is -2.31. The van der Waals surface area contributed by atoms with E-state index in [4.69, 9.17) is 26.4 Å². The number of rotatable bonds is 8. The Morgan fingerprint density at radius 1 is 1.00 bits per heavy atom. The highest BCUT2D eigenvalue weighted by Gasteiger charge is 2.15. The van der Waals surface area contributed by atoms with Crippen molar-refractivity contribution in [3.8, 4) is 11.5 Å². The minimum absolute atomic E-state index is 0.708. The van der Waals surface area contributed by atoms with Crippen LogP contribution in [0.15, 0.2) is 48.5 Å². The lowest BCUT2D eigenvalue weighted by atomic mass is 10.2. The summed E-state index contributed by atoms with van der Waals surface area (Å²) < 4.78 is 15.9. The van der Waals surface area contributed by atoms with Crippen molar-refractivity contribution in [3.63, 3.8) is 0 Å². The van der Waals surface area contributed by atoms with Crippen LogP contribution in [0.2, 0.25) is 0 Å². The number of hydrogen-bond donors (Lipinski definition) is 1. The number of hydrogen-bond acceptors (Lipinski definition) is 5. The molecule has 1 aliphatic rings. The van der Waals surface area contributed by atoms with E-state index in [9.17, 15) is 0 Å². The van der Waals surface area contributed by atoms with Crippen LogP contribution in [-0.4, -0.2) is 68.5 Å². The third-order valence-electron chi connectivity index (χ3n) is 4.95. The number of methoxy groups -OCH3 is 2. The zero-order valence-corrected chi connectivity index (χ0v) is 17.9. The van der Waals surface area contributed by atoms with Crippen LogP contribution in [0.4, 0.5) is 5.69 Å². The topological polar surface area (TPSA) is 46.2 Å². The molecule has 0 bridgehead atoms. The Bertz CT molecular complexity index is 762. The molecular formula is C22H29N3O3S. The molecule has 3 rings (SSSR count). The maximum atomic E-state index is 5.75. The fourth-order valence-corrected chi connectivity index (χ4v) is 3.44. The van der Waals surface area contributed by atoms with Crippen LogP contribution in [0, 0.1) is 0 Å². The maximum Gasteiger partial charge on any atom is 0.173 e. The highest BCUT2D eigenvalue weighted by molar-refractivity contribution is 7.80. The molecule has 2 aromatic carbocycles. The van der Waals surface area contributed by atoms with Gasteiger partial charge in [0.1, 0.15) is 11.5 Å². The van der Waals surface area contributed by atoms with Gasteiger partial charge >= 0.3 is 0 Å². The Balaban J connectivity index is 1.66. The molecule has 1 saturated heterocycles. The summed E-state index contributed by atoms with van der Waals surface area (Å²) in [6, 6.07) is 15.9. The summed E-state index contributed by atoms with van der Waals surface area (Å²) in [6.07, 6.45) is 0. The first-order valence-electron chi connectivity index (χ1n) is 9.81. The zero-order chi connectivity index (χ0) is 20.5. The Labute approximate surface area is 178 Å². The first kappa shape index (κ1) is 21.4. The SMILES string of the molecule is COc1ccc(CN(CCN2CCOCC2)C(=S)Nc2ccc(OC)cc2)cc1. The average molecular weight is 416 g/mol. The summed E-state index contributed by atoms with van der Waals surface area (Å²) >= 11 is 5.75. The van der Waals surface area contributed by atoms with Crippen molar-refractivity contribution in [2.75, 3.05) is 58.9 Å². The maximum absolute atomic E-state index is 5.75. The van der Waals surface area contributed by atoms with Crippen molar-refractivity contribution in [2.24, 2.45) is 0 Å². The van der Waals surface area contributed by atoms with Gasteiger partial charge in [-0.05, 0) is 54.2 Å². The van der Waals surface area contributed by atoms with Gasteiger partial charge in [-0.25, -0.2) is 0 Å².